The minimum atomic E-state index is 0.460. The molecule has 0 spiro atoms. The molecule has 0 N–H and O–H groups in total. The summed E-state index contributed by atoms with van der Waals surface area (Å²) in [4.78, 5) is 7.56. The van der Waals surface area contributed by atoms with Gasteiger partial charge in [0, 0.05) is 18.0 Å². The van der Waals surface area contributed by atoms with Crippen molar-refractivity contribution in [3.05, 3.63) is 49.3 Å². The Morgan fingerprint density at radius 1 is 1.11 bits per heavy atom. The van der Waals surface area contributed by atoms with Gasteiger partial charge in [0.15, 0.2) is 0 Å². The first-order valence-electron chi connectivity index (χ1n) is 5.28. The third kappa shape index (κ3) is 3.84. The number of aromatic nitrogens is 1. The van der Waals surface area contributed by atoms with E-state index in [2.05, 4.69) is 9.88 Å². The average molecular weight is 322 g/mol. The van der Waals surface area contributed by atoms with Crippen LogP contribution in [0.25, 0.3) is 0 Å². The fraction of sp³-hybridized carbons (Fsp3) is 0.250. The van der Waals surface area contributed by atoms with E-state index in [1.165, 1.54) is 4.88 Å². The van der Waals surface area contributed by atoms with Crippen LogP contribution in [0.1, 0.15) is 10.6 Å². The Bertz CT molecular complexity index is 542. The van der Waals surface area contributed by atoms with E-state index in [-0.39, 0.29) is 0 Å². The third-order valence-corrected chi connectivity index (χ3v) is 4.13. The van der Waals surface area contributed by atoms with Gasteiger partial charge in [-0.15, -0.1) is 11.3 Å². The number of halogens is 3. The van der Waals surface area contributed by atoms with E-state index >= 15 is 0 Å². The quantitative estimate of drug-likeness (QED) is 0.756. The van der Waals surface area contributed by atoms with Crippen molar-refractivity contribution in [3.8, 4) is 0 Å². The lowest BCUT2D eigenvalue weighted by molar-refractivity contribution is 0.318. The Labute approximate surface area is 125 Å². The minimum absolute atomic E-state index is 0.460. The number of hydrogen-bond donors (Lipinski definition) is 0. The molecule has 0 radical (unpaired) electrons. The molecule has 0 saturated carbocycles. The molecule has 0 unspecified atom stereocenters. The van der Waals surface area contributed by atoms with Crippen LogP contribution >= 0.6 is 46.1 Å². The van der Waals surface area contributed by atoms with Gasteiger partial charge in [0.25, 0.3) is 0 Å². The zero-order valence-electron chi connectivity index (χ0n) is 9.66. The van der Waals surface area contributed by atoms with Crippen molar-refractivity contribution in [1.82, 2.24) is 9.88 Å². The van der Waals surface area contributed by atoms with Crippen LogP contribution < -0.4 is 0 Å². The molecule has 0 fully saturated rings. The van der Waals surface area contributed by atoms with Gasteiger partial charge in [0.2, 0.25) is 0 Å². The van der Waals surface area contributed by atoms with Crippen LogP contribution in [0.5, 0.6) is 0 Å². The summed E-state index contributed by atoms with van der Waals surface area (Å²) in [5, 5.41) is 1.09. The van der Waals surface area contributed by atoms with Crippen LogP contribution in [0, 0.1) is 0 Å². The second kappa shape index (κ2) is 6.22. The average Bonchev–Trinajstić information content (AvgIpc) is 2.69. The number of rotatable bonds is 4. The van der Waals surface area contributed by atoms with Crippen molar-refractivity contribution in [2.75, 3.05) is 7.05 Å². The van der Waals surface area contributed by atoms with E-state index in [4.69, 9.17) is 34.8 Å². The molecule has 0 saturated heterocycles. The second-order valence-electron chi connectivity index (χ2n) is 3.94. The van der Waals surface area contributed by atoms with Gasteiger partial charge in [-0.25, -0.2) is 4.98 Å². The summed E-state index contributed by atoms with van der Waals surface area (Å²) in [6.45, 7) is 1.46. The lowest BCUT2D eigenvalue weighted by Crippen LogP contribution is -2.17. The lowest BCUT2D eigenvalue weighted by Gasteiger charge is -2.15. The molecule has 0 amide bonds. The van der Waals surface area contributed by atoms with Crippen LogP contribution in [0.4, 0.5) is 0 Å². The van der Waals surface area contributed by atoms with Gasteiger partial charge < -0.3 is 0 Å². The van der Waals surface area contributed by atoms with Gasteiger partial charge in [-0.05, 0) is 31.3 Å². The molecule has 0 atom stereocenters. The first-order chi connectivity index (χ1) is 8.54. The summed E-state index contributed by atoms with van der Waals surface area (Å²) >= 11 is 19.4. The monoisotopic (exact) mass is 320 g/mol. The van der Waals surface area contributed by atoms with Crippen LogP contribution in [0.2, 0.25) is 14.5 Å². The number of thiophene rings is 1. The predicted octanol–water partition coefficient (Wildman–Crippen LogP) is 4.74. The van der Waals surface area contributed by atoms with Crippen molar-refractivity contribution >= 4 is 46.1 Å². The fourth-order valence-corrected chi connectivity index (χ4v) is 3.08. The van der Waals surface area contributed by atoms with Gasteiger partial charge >= 0.3 is 0 Å². The molecule has 2 heterocycles. The van der Waals surface area contributed by atoms with Gasteiger partial charge in [0.05, 0.1) is 15.1 Å². The predicted molar refractivity (Wildman–Crippen MR) is 78.8 cm³/mol. The Hall–Kier alpha value is -0.320. The van der Waals surface area contributed by atoms with Crippen LogP contribution in [-0.2, 0) is 13.1 Å². The molecule has 0 bridgehead atoms. The zero-order chi connectivity index (χ0) is 13.1. The Kier molecular flexibility index (Phi) is 4.87. The SMILES string of the molecule is CN(Cc1ccc(Cl)s1)Cc1nc(Cl)ccc1Cl. The minimum Gasteiger partial charge on any atom is -0.295 e. The van der Waals surface area contributed by atoms with Gasteiger partial charge in [-0.1, -0.05) is 34.8 Å². The van der Waals surface area contributed by atoms with E-state index in [0.29, 0.717) is 16.7 Å². The van der Waals surface area contributed by atoms with Crippen molar-refractivity contribution in [1.29, 1.82) is 0 Å². The van der Waals surface area contributed by atoms with Crippen LogP contribution in [0.3, 0.4) is 0 Å². The highest BCUT2D eigenvalue weighted by Gasteiger charge is 2.08. The maximum atomic E-state index is 6.08. The van der Waals surface area contributed by atoms with Crippen molar-refractivity contribution in [3.63, 3.8) is 0 Å². The molecule has 2 aromatic heterocycles. The standard InChI is InChI=1S/C12H11Cl3N2S/c1-17(6-8-2-5-12(15)18-8)7-10-9(13)3-4-11(14)16-10/h2-5H,6-7H2,1H3. The topological polar surface area (TPSA) is 16.1 Å². The summed E-state index contributed by atoms with van der Waals surface area (Å²) in [5.41, 5.74) is 0.786. The van der Waals surface area contributed by atoms with Gasteiger partial charge in [-0.3, -0.25) is 4.90 Å². The Morgan fingerprint density at radius 2 is 1.89 bits per heavy atom. The molecule has 18 heavy (non-hydrogen) atoms. The van der Waals surface area contributed by atoms with Crippen LogP contribution in [0.15, 0.2) is 24.3 Å². The number of nitrogens with zero attached hydrogens (tertiary/aromatic N) is 2. The molecule has 2 rings (SSSR count). The van der Waals surface area contributed by atoms with E-state index < -0.39 is 0 Å². The first kappa shape index (κ1) is 14.1. The number of hydrogen-bond acceptors (Lipinski definition) is 3. The van der Waals surface area contributed by atoms with Crippen molar-refractivity contribution in [2.24, 2.45) is 0 Å². The summed E-state index contributed by atoms with van der Waals surface area (Å²) in [5.74, 6) is 0. The van der Waals surface area contributed by atoms with Gasteiger partial charge in [-0.2, -0.15) is 0 Å². The number of pyridine rings is 1. The first-order valence-corrected chi connectivity index (χ1v) is 7.23. The van der Waals surface area contributed by atoms with E-state index in [1.807, 2.05) is 19.2 Å². The van der Waals surface area contributed by atoms with Crippen molar-refractivity contribution < 1.29 is 0 Å². The second-order valence-corrected chi connectivity index (χ2v) is 6.53. The van der Waals surface area contributed by atoms with Crippen molar-refractivity contribution in [2.45, 2.75) is 13.1 Å². The molecule has 2 aromatic rings. The molecule has 0 aliphatic carbocycles. The summed E-state index contributed by atoms with van der Waals surface area (Å²) < 4.78 is 0.803. The largest absolute Gasteiger partial charge is 0.295 e. The summed E-state index contributed by atoms with van der Waals surface area (Å²) in [6, 6.07) is 7.38. The molecular formula is C12H11Cl3N2S. The molecule has 2 nitrogen and oxygen atoms in total. The third-order valence-electron chi connectivity index (χ3n) is 2.36. The van der Waals surface area contributed by atoms with Gasteiger partial charge in [0.1, 0.15) is 5.15 Å². The molecule has 0 aliphatic heterocycles. The van der Waals surface area contributed by atoms with E-state index in [0.717, 1.165) is 16.6 Å². The van der Waals surface area contributed by atoms with Crippen LogP contribution in [-0.4, -0.2) is 16.9 Å². The Balaban J connectivity index is 2.02. The molecule has 6 heteroatoms. The Morgan fingerprint density at radius 3 is 2.56 bits per heavy atom. The summed E-state index contributed by atoms with van der Waals surface area (Å²) in [6.07, 6.45) is 0. The molecule has 96 valence electrons. The molecule has 0 aromatic carbocycles. The maximum absolute atomic E-state index is 6.08. The highest BCUT2D eigenvalue weighted by atomic mass is 35.5. The molecule has 0 aliphatic rings. The van der Waals surface area contributed by atoms with E-state index in [1.54, 1.807) is 23.5 Å². The lowest BCUT2D eigenvalue weighted by atomic mass is 10.3. The zero-order valence-corrected chi connectivity index (χ0v) is 12.7. The maximum Gasteiger partial charge on any atom is 0.129 e. The highest BCUT2D eigenvalue weighted by molar-refractivity contribution is 7.16. The fourth-order valence-electron chi connectivity index (χ4n) is 1.58. The highest BCUT2D eigenvalue weighted by Crippen LogP contribution is 2.23. The smallest absolute Gasteiger partial charge is 0.129 e. The van der Waals surface area contributed by atoms with E-state index in [9.17, 15) is 0 Å². The normalized spacial score (nSPS) is 11.2. The summed E-state index contributed by atoms with van der Waals surface area (Å²) in [7, 11) is 2.01. The molecular weight excluding hydrogens is 311 g/mol.